The van der Waals surface area contributed by atoms with Crippen LogP contribution in [0.3, 0.4) is 0 Å². The number of nitrogens with two attached hydrogens (primary N) is 1. The summed E-state index contributed by atoms with van der Waals surface area (Å²) in [6, 6.07) is 4.93. The maximum atomic E-state index is 12.0. The molecule has 0 saturated heterocycles. The molecule has 0 aliphatic rings. The van der Waals surface area contributed by atoms with Crippen molar-refractivity contribution in [3.8, 4) is 5.75 Å². The summed E-state index contributed by atoms with van der Waals surface area (Å²) in [5.74, 6) is 0.412. The van der Waals surface area contributed by atoms with Crippen LogP contribution >= 0.6 is 0 Å². The zero-order chi connectivity index (χ0) is 13.5. The Morgan fingerprint density at radius 1 is 1.44 bits per heavy atom. The lowest BCUT2D eigenvalue weighted by Crippen LogP contribution is -2.35. The number of anilines is 1. The number of hydrogen-bond acceptors (Lipinski definition) is 4. The van der Waals surface area contributed by atoms with Gasteiger partial charge in [-0.25, -0.2) is 0 Å². The molecular weight excluding hydrogens is 232 g/mol. The minimum atomic E-state index is -0.187. The molecule has 5 heteroatoms. The smallest absolute Gasteiger partial charge is 0.251 e. The van der Waals surface area contributed by atoms with E-state index >= 15 is 0 Å². The second-order valence-corrected chi connectivity index (χ2v) is 4.05. The SMILES string of the molecule is CCOc1cc(N)cc(C(=O)NC(C)COC)c1. The fraction of sp³-hybridized carbons (Fsp3) is 0.462. The predicted molar refractivity (Wildman–Crippen MR) is 70.8 cm³/mol. The molecule has 1 unspecified atom stereocenters. The van der Waals surface area contributed by atoms with E-state index in [1.54, 1.807) is 25.3 Å². The Bertz CT molecular complexity index is 407. The topological polar surface area (TPSA) is 73.6 Å². The van der Waals surface area contributed by atoms with Crippen molar-refractivity contribution in [2.24, 2.45) is 0 Å². The molecule has 1 aromatic rings. The van der Waals surface area contributed by atoms with Crippen molar-refractivity contribution in [3.63, 3.8) is 0 Å². The van der Waals surface area contributed by atoms with Gasteiger partial charge in [0.05, 0.1) is 13.2 Å². The standard InChI is InChI=1S/C13H20N2O3/c1-4-18-12-6-10(5-11(14)7-12)13(16)15-9(2)8-17-3/h5-7,9H,4,8,14H2,1-3H3,(H,15,16). The van der Waals surface area contributed by atoms with Crippen LogP contribution in [-0.4, -0.2) is 32.3 Å². The largest absolute Gasteiger partial charge is 0.494 e. The van der Waals surface area contributed by atoms with Gasteiger partial charge in [0.2, 0.25) is 0 Å². The molecule has 1 aromatic carbocycles. The Hall–Kier alpha value is -1.75. The summed E-state index contributed by atoms with van der Waals surface area (Å²) >= 11 is 0. The van der Waals surface area contributed by atoms with Crippen molar-refractivity contribution in [1.82, 2.24) is 5.32 Å². The van der Waals surface area contributed by atoms with Crippen molar-refractivity contribution in [3.05, 3.63) is 23.8 Å². The van der Waals surface area contributed by atoms with Crippen LogP contribution < -0.4 is 15.8 Å². The number of ether oxygens (including phenoxy) is 2. The summed E-state index contributed by atoms with van der Waals surface area (Å²) in [5, 5.41) is 2.82. The number of amides is 1. The summed E-state index contributed by atoms with van der Waals surface area (Å²) in [7, 11) is 1.59. The first-order valence-electron chi connectivity index (χ1n) is 5.90. The van der Waals surface area contributed by atoms with Crippen LogP contribution in [0.4, 0.5) is 5.69 Å². The maximum Gasteiger partial charge on any atom is 0.251 e. The van der Waals surface area contributed by atoms with Crippen LogP contribution in [0.2, 0.25) is 0 Å². The van der Waals surface area contributed by atoms with Crippen LogP contribution in [0.15, 0.2) is 18.2 Å². The highest BCUT2D eigenvalue weighted by Crippen LogP contribution is 2.19. The van der Waals surface area contributed by atoms with Crippen molar-refractivity contribution in [1.29, 1.82) is 0 Å². The van der Waals surface area contributed by atoms with E-state index in [0.717, 1.165) is 0 Å². The molecule has 0 fully saturated rings. The van der Waals surface area contributed by atoms with Crippen LogP contribution in [0.1, 0.15) is 24.2 Å². The van der Waals surface area contributed by atoms with Crippen molar-refractivity contribution >= 4 is 11.6 Å². The van der Waals surface area contributed by atoms with E-state index in [9.17, 15) is 4.79 Å². The number of nitrogen functional groups attached to an aromatic ring is 1. The lowest BCUT2D eigenvalue weighted by atomic mass is 10.1. The summed E-state index contributed by atoms with van der Waals surface area (Å²) in [4.78, 5) is 12.0. The average Bonchev–Trinajstić information content (AvgIpc) is 2.28. The van der Waals surface area contributed by atoms with Crippen molar-refractivity contribution < 1.29 is 14.3 Å². The second-order valence-electron chi connectivity index (χ2n) is 4.05. The van der Waals surface area contributed by atoms with Gasteiger partial charge in [-0.3, -0.25) is 4.79 Å². The van der Waals surface area contributed by atoms with E-state index in [-0.39, 0.29) is 11.9 Å². The first-order chi connectivity index (χ1) is 8.56. The van der Waals surface area contributed by atoms with E-state index in [2.05, 4.69) is 5.32 Å². The Labute approximate surface area is 107 Å². The van der Waals surface area contributed by atoms with Crippen LogP contribution in [0.25, 0.3) is 0 Å². The molecule has 0 aromatic heterocycles. The molecule has 0 heterocycles. The molecule has 0 bridgehead atoms. The molecule has 5 nitrogen and oxygen atoms in total. The van der Waals surface area contributed by atoms with Crippen molar-refractivity contribution in [2.75, 3.05) is 26.1 Å². The molecule has 1 atom stereocenters. The molecular formula is C13H20N2O3. The average molecular weight is 252 g/mol. The van der Waals surface area contributed by atoms with Gasteiger partial charge in [0, 0.05) is 30.5 Å². The molecule has 0 aliphatic heterocycles. The molecule has 0 saturated carbocycles. The quantitative estimate of drug-likeness (QED) is 0.751. The van der Waals surface area contributed by atoms with Gasteiger partial charge < -0.3 is 20.5 Å². The molecule has 0 spiro atoms. The second kappa shape index (κ2) is 6.86. The Kier molecular flexibility index (Phi) is 5.45. The molecule has 1 amide bonds. The Morgan fingerprint density at radius 3 is 2.78 bits per heavy atom. The first kappa shape index (κ1) is 14.3. The Balaban J connectivity index is 2.78. The molecule has 3 N–H and O–H groups in total. The van der Waals surface area contributed by atoms with E-state index in [1.807, 2.05) is 13.8 Å². The minimum Gasteiger partial charge on any atom is -0.494 e. The van der Waals surface area contributed by atoms with Gasteiger partial charge in [-0.05, 0) is 26.0 Å². The Morgan fingerprint density at radius 2 is 2.17 bits per heavy atom. The lowest BCUT2D eigenvalue weighted by Gasteiger charge is -2.13. The lowest BCUT2D eigenvalue weighted by molar-refractivity contribution is 0.0905. The van der Waals surface area contributed by atoms with Gasteiger partial charge in [-0.2, -0.15) is 0 Å². The summed E-state index contributed by atoms with van der Waals surface area (Å²) in [6.07, 6.45) is 0. The molecule has 18 heavy (non-hydrogen) atoms. The zero-order valence-electron chi connectivity index (χ0n) is 11.0. The number of carbonyl (C=O) groups is 1. The number of carbonyl (C=O) groups excluding carboxylic acids is 1. The van der Waals surface area contributed by atoms with E-state index in [4.69, 9.17) is 15.2 Å². The number of nitrogens with one attached hydrogen (secondary N) is 1. The summed E-state index contributed by atoms with van der Waals surface area (Å²) in [6.45, 7) is 4.75. The third kappa shape index (κ3) is 4.25. The molecule has 0 radical (unpaired) electrons. The van der Waals surface area contributed by atoms with E-state index < -0.39 is 0 Å². The summed E-state index contributed by atoms with van der Waals surface area (Å²) < 4.78 is 10.3. The van der Waals surface area contributed by atoms with Crippen molar-refractivity contribution in [2.45, 2.75) is 19.9 Å². The van der Waals surface area contributed by atoms with Gasteiger partial charge >= 0.3 is 0 Å². The predicted octanol–water partition coefficient (Wildman–Crippen LogP) is 1.43. The third-order valence-electron chi connectivity index (χ3n) is 2.30. The zero-order valence-corrected chi connectivity index (χ0v) is 11.0. The molecule has 0 aliphatic carbocycles. The van der Waals surface area contributed by atoms with Gasteiger partial charge in [-0.15, -0.1) is 0 Å². The van der Waals surface area contributed by atoms with E-state index in [1.165, 1.54) is 0 Å². The monoisotopic (exact) mass is 252 g/mol. The van der Waals surface area contributed by atoms with Crippen LogP contribution in [0, 0.1) is 0 Å². The van der Waals surface area contributed by atoms with E-state index in [0.29, 0.717) is 30.2 Å². The molecule has 100 valence electrons. The highest BCUT2D eigenvalue weighted by molar-refractivity contribution is 5.95. The van der Waals surface area contributed by atoms with Crippen LogP contribution in [0.5, 0.6) is 5.75 Å². The highest BCUT2D eigenvalue weighted by Gasteiger charge is 2.11. The number of rotatable bonds is 6. The van der Waals surface area contributed by atoms with Gasteiger partial charge in [-0.1, -0.05) is 0 Å². The normalized spacial score (nSPS) is 11.9. The van der Waals surface area contributed by atoms with Gasteiger partial charge in [0.15, 0.2) is 0 Å². The minimum absolute atomic E-state index is 0.0560. The van der Waals surface area contributed by atoms with Crippen LogP contribution in [-0.2, 0) is 4.74 Å². The first-order valence-corrected chi connectivity index (χ1v) is 5.90. The fourth-order valence-electron chi connectivity index (χ4n) is 1.60. The van der Waals surface area contributed by atoms with Gasteiger partial charge in [0.25, 0.3) is 5.91 Å². The highest BCUT2D eigenvalue weighted by atomic mass is 16.5. The number of hydrogen-bond donors (Lipinski definition) is 2. The number of methoxy groups -OCH3 is 1. The molecule has 1 rings (SSSR count). The maximum absolute atomic E-state index is 12.0. The summed E-state index contributed by atoms with van der Waals surface area (Å²) in [5.41, 5.74) is 6.72. The fourth-order valence-corrected chi connectivity index (χ4v) is 1.60. The third-order valence-corrected chi connectivity index (χ3v) is 2.30. The van der Waals surface area contributed by atoms with Gasteiger partial charge in [0.1, 0.15) is 5.75 Å². The number of benzene rings is 1.